The highest BCUT2D eigenvalue weighted by Gasteiger charge is 2.24. The Bertz CT molecular complexity index is 1280. The van der Waals surface area contributed by atoms with Gasteiger partial charge in [-0.3, -0.25) is 13.6 Å². The minimum Gasteiger partial charge on any atom is -0.462 e. The summed E-state index contributed by atoms with van der Waals surface area (Å²) in [7, 11) is -0.426. The zero-order valence-corrected chi connectivity index (χ0v) is 23.7. The molecule has 37 heavy (non-hydrogen) atoms. The van der Waals surface area contributed by atoms with Crippen molar-refractivity contribution in [3.8, 4) is 16.2 Å². The lowest BCUT2D eigenvalue weighted by molar-refractivity contribution is 0.0486. The standard InChI is InChI=1S/C25H27O8PS3/c1-3-30-34(28,31-4-2)32-15-6-5-14-29-24(26)20-8-7-9-21(16-20)33-25(27)19-12-10-18(11-13-19)22-17-23(35)37-36-22/h7-13,16-17H,3-6,14-15H2,1-2H3. The molecule has 0 fully saturated rings. The molecule has 0 radical (unpaired) electrons. The molecular formula is C25H27O8PS3. The van der Waals surface area contributed by atoms with E-state index >= 15 is 0 Å². The van der Waals surface area contributed by atoms with Crippen LogP contribution in [0.25, 0.3) is 10.4 Å². The Morgan fingerprint density at radius 2 is 1.54 bits per heavy atom. The van der Waals surface area contributed by atoms with Gasteiger partial charge in [0.15, 0.2) is 0 Å². The second-order valence-electron chi connectivity index (χ2n) is 7.45. The molecule has 0 spiro atoms. The predicted octanol–water partition coefficient (Wildman–Crippen LogP) is 7.56. The van der Waals surface area contributed by atoms with E-state index in [0.717, 1.165) is 14.3 Å². The summed E-state index contributed by atoms with van der Waals surface area (Å²) in [6, 6.07) is 15.2. The maximum absolute atomic E-state index is 12.6. The van der Waals surface area contributed by atoms with E-state index in [2.05, 4.69) is 0 Å². The van der Waals surface area contributed by atoms with Crippen LogP contribution in [0.3, 0.4) is 0 Å². The largest absolute Gasteiger partial charge is 0.474 e. The number of carbonyl (C=O) groups excluding carboxylic acids is 2. The third-order valence-electron chi connectivity index (χ3n) is 4.74. The number of phosphoric acid groups is 1. The molecule has 0 saturated carbocycles. The van der Waals surface area contributed by atoms with Gasteiger partial charge < -0.3 is 9.47 Å². The minimum atomic E-state index is -3.54. The average molecular weight is 583 g/mol. The summed E-state index contributed by atoms with van der Waals surface area (Å²) in [5.41, 5.74) is 1.62. The summed E-state index contributed by atoms with van der Waals surface area (Å²) in [6.07, 6.45) is 0.990. The maximum Gasteiger partial charge on any atom is 0.474 e. The van der Waals surface area contributed by atoms with Crippen LogP contribution in [0.2, 0.25) is 0 Å². The second-order valence-corrected chi connectivity index (χ2v) is 12.0. The highest BCUT2D eigenvalue weighted by molar-refractivity contribution is 7.80. The molecule has 3 rings (SSSR count). The van der Waals surface area contributed by atoms with Gasteiger partial charge in [0.2, 0.25) is 0 Å². The zero-order chi connectivity index (χ0) is 26.7. The number of phosphoric ester groups is 1. The van der Waals surface area contributed by atoms with Gasteiger partial charge in [0.25, 0.3) is 0 Å². The van der Waals surface area contributed by atoms with Gasteiger partial charge in [-0.1, -0.05) is 51.1 Å². The SMILES string of the molecule is CCOP(=O)(OCC)OCCCCOC(=O)c1cccc(OC(=O)c2ccc(-c3cc(=S)ss3)cc2)c1. The van der Waals surface area contributed by atoms with Crippen LogP contribution in [-0.2, 0) is 22.9 Å². The molecule has 0 bridgehead atoms. The first kappa shape index (κ1) is 29.3. The quantitative estimate of drug-likeness (QED) is 0.0476. The summed E-state index contributed by atoms with van der Waals surface area (Å²) in [5.74, 6) is -0.850. The van der Waals surface area contributed by atoms with Crippen LogP contribution in [-0.4, -0.2) is 38.4 Å². The molecule has 2 aromatic carbocycles. The first-order valence-electron chi connectivity index (χ1n) is 11.6. The first-order valence-corrected chi connectivity index (χ1v) is 15.6. The van der Waals surface area contributed by atoms with Gasteiger partial charge in [0.05, 0.1) is 37.6 Å². The van der Waals surface area contributed by atoms with Crippen molar-refractivity contribution < 1.29 is 37.2 Å². The molecule has 3 aromatic rings. The van der Waals surface area contributed by atoms with Crippen LogP contribution in [0, 0.1) is 3.82 Å². The minimum absolute atomic E-state index is 0.143. The normalized spacial score (nSPS) is 11.3. The highest BCUT2D eigenvalue weighted by Crippen LogP contribution is 2.49. The Labute approximate surface area is 228 Å². The van der Waals surface area contributed by atoms with Gasteiger partial charge in [0.1, 0.15) is 9.57 Å². The summed E-state index contributed by atoms with van der Waals surface area (Å²) in [4.78, 5) is 26.0. The Kier molecular flexibility index (Phi) is 11.6. The molecule has 12 heteroatoms. The van der Waals surface area contributed by atoms with Gasteiger partial charge in [-0.05, 0) is 68.7 Å². The highest BCUT2D eigenvalue weighted by atomic mass is 32.9. The van der Waals surface area contributed by atoms with Crippen LogP contribution in [0.5, 0.6) is 5.75 Å². The molecule has 0 amide bonds. The monoisotopic (exact) mass is 582 g/mol. The number of ether oxygens (including phenoxy) is 2. The molecule has 0 aliphatic heterocycles. The second kappa shape index (κ2) is 14.6. The molecule has 0 atom stereocenters. The van der Waals surface area contributed by atoms with Crippen LogP contribution >= 0.6 is 40.7 Å². The lowest BCUT2D eigenvalue weighted by atomic mass is 10.1. The number of rotatable bonds is 14. The Morgan fingerprint density at radius 3 is 2.19 bits per heavy atom. The lowest BCUT2D eigenvalue weighted by Gasteiger charge is -2.16. The van der Waals surface area contributed by atoms with E-state index in [1.54, 1.807) is 54.5 Å². The van der Waals surface area contributed by atoms with Gasteiger partial charge in [-0.15, -0.1) is 0 Å². The molecule has 0 saturated heterocycles. The van der Waals surface area contributed by atoms with E-state index < -0.39 is 19.8 Å². The van der Waals surface area contributed by atoms with Crippen LogP contribution < -0.4 is 4.74 Å². The summed E-state index contributed by atoms with van der Waals surface area (Å²) < 4.78 is 39.1. The van der Waals surface area contributed by atoms with Gasteiger partial charge >= 0.3 is 19.8 Å². The number of hydrogen-bond acceptors (Lipinski definition) is 11. The van der Waals surface area contributed by atoms with Crippen molar-refractivity contribution >= 4 is 52.7 Å². The van der Waals surface area contributed by atoms with Crippen LogP contribution in [0.15, 0.2) is 54.6 Å². The van der Waals surface area contributed by atoms with E-state index in [1.165, 1.54) is 16.4 Å². The Balaban J connectivity index is 1.46. The van der Waals surface area contributed by atoms with Crippen molar-refractivity contribution in [2.75, 3.05) is 26.4 Å². The molecule has 0 unspecified atom stereocenters. The van der Waals surface area contributed by atoms with E-state index in [0.29, 0.717) is 18.4 Å². The Morgan fingerprint density at radius 1 is 0.838 bits per heavy atom. The number of unbranched alkanes of at least 4 members (excludes halogenated alkanes) is 1. The van der Waals surface area contributed by atoms with E-state index in [-0.39, 0.29) is 37.7 Å². The predicted molar refractivity (Wildman–Crippen MR) is 146 cm³/mol. The fourth-order valence-electron chi connectivity index (χ4n) is 3.05. The zero-order valence-electron chi connectivity index (χ0n) is 20.4. The van der Waals surface area contributed by atoms with Crippen molar-refractivity contribution in [2.45, 2.75) is 26.7 Å². The van der Waals surface area contributed by atoms with Crippen molar-refractivity contribution in [3.05, 3.63) is 69.5 Å². The summed E-state index contributed by atoms with van der Waals surface area (Å²) in [6.45, 7) is 4.11. The van der Waals surface area contributed by atoms with Crippen LogP contribution in [0.1, 0.15) is 47.4 Å². The molecule has 0 aliphatic rings. The van der Waals surface area contributed by atoms with Crippen molar-refractivity contribution in [3.63, 3.8) is 0 Å². The number of hydrogen-bond donors (Lipinski definition) is 0. The Hall–Kier alpha value is -2.24. The topological polar surface area (TPSA) is 97.4 Å². The molecule has 0 aliphatic carbocycles. The number of benzene rings is 2. The van der Waals surface area contributed by atoms with Crippen molar-refractivity contribution in [1.82, 2.24) is 0 Å². The van der Waals surface area contributed by atoms with Gasteiger partial charge in [0, 0.05) is 4.88 Å². The molecule has 0 N–H and O–H groups in total. The van der Waals surface area contributed by atoms with Crippen molar-refractivity contribution in [1.29, 1.82) is 0 Å². The number of esters is 2. The maximum atomic E-state index is 12.6. The van der Waals surface area contributed by atoms with E-state index in [1.807, 2.05) is 18.2 Å². The number of carbonyl (C=O) groups is 2. The molecule has 198 valence electrons. The third kappa shape index (κ3) is 9.22. The molecule has 1 heterocycles. The third-order valence-corrected chi connectivity index (χ3v) is 9.30. The summed E-state index contributed by atoms with van der Waals surface area (Å²) >= 11 is 5.17. The van der Waals surface area contributed by atoms with Crippen molar-refractivity contribution in [2.24, 2.45) is 0 Å². The van der Waals surface area contributed by atoms with Gasteiger partial charge in [-0.25, -0.2) is 14.2 Å². The van der Waals surface area contributed by atoms with E-state index in [9.17, 15) is 14.2 Å². The molecule has 1 aromatic heterocycles. The van der Waals surface area contributed by atoms with Crippen LogP contribution in [0.4, 0.5) is 0 Å². The van der Waals surface area contributed by atoms with Gasteiger partial charge in [-0.2, -0.15) is 0 Å². The summed E-state index contributed by atoms with van der Waals surface area (Å²) in [5, 5.41) is 0. The lowest BCUT2D eigenvalue weighted by Crippen LogP contribution is -2.10. The smallest absolute Gasteiger partial charge is 0.462 e. The fourth-order valence-corrected chi connectivity index (χ4v) is 6.66. The molecular weight excluding hydrogens is 555 g/mol. The molecule has 8 nitrogen and oxygen atoms in total. The fraction of sp³-hybridized carbons (Fsp3) is 0.320. The first-order chi connectivity index (χ1) is 17.8. The van der Waals surface area contributed by atoms with E-state index in [4.69, 9.17) is 35.3 Å². The average Bonchev–Trinajstić information content (AvgIpc) is 3.32.